The van der Waals surface area contributed by atoms with Crippen LogP contribution in [0.15, 0.2) is 36.4 Å². The summed E-state index contributed by atoms with van der Waals surface area (Å²) in [7, 11) is 0. The molecule has 4 rings (SSSR count). The highest BCUT2D eigenvalue weighted by molar-refractivity contribution is 7.19. The van der Waals surface area contributed by atoms with Crippen molar-refractivity contribution in [3.8, 4) is 10.6 Å². The van der Waals surface area contributed by atoms with E-state index in [2.05, 4.69) is 20.6 Å². The fourth-order valence-corrected chi connectivity index (χ4v) is 3.80. The quantitative estimate of drug-likeness (QED) is 0.383. The maximum atomic E-state index is 12.7. The van der Waals surface area contributed by atoms with E-state index in [1.54, 1.807) is 10.6 Å². The number of carbonyl (C=O) groups is 1. The van der Waals surface area contributed by atoms with Crippen LogP contribution >= 0.6 is 22.9 Å². The number of aryl methyl sites for hydroxylation is 2. The SMILES string of the molecule is Cc1ccc(-c2nn3c(C)nnc3s2)cc1NC(=O)c1cc([N+](=O)[O-])ccc1Cl. The first kappa shape index (κ1) is 19.0. The van der Waals surface area contributed by atoms with Gasteiger partial charge in [0.05, 0.1) is 15.5 Å². The number of fused-ring (bicyclic) bond motifs is 1. The first-order valence-electron chi connectivity index (χ1n) is 8.38. The zero-order chi connectivity index (χ0) is 20.7. The van der Waals surface area contributed by atoms with E-state index in [0.29, 0.717) is 16.5 Å². The monoisotopic (exact) mass is 428 g/mol. The number of benzene rings is 2. The number of rotatable bonds is 4. The van der Waals surface area contributed by atoms with Crippen LogP contribution in [0.3, 0.4) is 0 Å². The minimum atomic E-state index is -0.575. The van der Waals surface area contributed by atoms with Gasteiger partial charge in [-0.15, -0.1) is 10.2 Å². The van der Waals surface area contributed by atoms with Crippen LogP contribution in [-0.4, -0.2) is 30.6 Å². The van der Waals surface area contributed by atoms with Crippen LogP contribution in [0.2, 0.25) is 5.02 Å². The van der Waals surface area contributed by atoms with Crippen molar-refractivity contribution in [1.82, 2.24) is 19.8 Å². The van der Waals surface area contributed by atoms with Crippen LogP contribution < -0.4 is 5.32 Å². The zero-order valence-corrected chi connectivity index (χ0v) is 16.8. The van der Waals surface area contributed by atoms with Crippen molar-refractivity contribution in [2.24, 2.45) is 0 Å². The van der Waals surface area contributed by atoms with Crippen molar-refractivity contribution in [1.29, 1.82) is 0 Å². The highest BCUT2D eigenvalue weighted by Gasteiger charge is 2.18. The first-order valence-corrected chi connectivity index (χ1v) is 9.58. The Labute approximate surface area is 173 Å². The summed E-state index contributed by atoms with van der Waals surface area (Å²) in [5, 5.41) is 27.1. The number of carbonyl (C=O) groups excluding carboxylic acids is 1. The molecule has 0 spiro atoms. The van der Waals surface area contributed by atoms with Gasteiger partial charge in [-0.25, -0.2) is 0 Å². The Morgan fingerprint density at radius 1 is 1.21 bits per heavy atom. The van der Waals surface area contributed by atoms with Gasteiger partial charge in [-0.2, -0.15) is 9.61 Å². The maximum Gasteiger partial charge on any atom is 0.270 e. The predicted octanol–water partition coefficient (Wildman–Crippen LogP) is 4.28. The number of aromatic nitrogens is 4. The molecule has 0 aliphatic carbocycles. The van der Waals surface area contributed by atoms with Gasteiger partial charge in [0.2, 0.25) is 4.96 Å². The van der Waals surface area contributed by atoms with Crippen molar-refractivity contribution < 1.29 is 9.72 Å². The summed E-state index contributed by atoms with van der Waals surface area (Å²) >= 11 is 7.45. The first-order chi connectivity index (χ1) is 13.8. The van der Waals surface area contributed by atoms with Crippen molar-refractivity contribution in [3.63, 3.8) is 0 Å². The lowest BCUT2D eigenvalue weighted by Gasteiger charge is -2.10. The molecular weight excluding hydrogens is 416 g/mol. The molecule has 1 N–H and O–H groups in total. The minimum absolute atomic E-state index is 0.0279. The molecule has 0 aliphatic rings. The fraction of sp³-hybridized carbons (Fsp3) is 0.111. The topological polar surface area (TPSA) is 115 Å². The number of hydrogen-bond donors (Lipinski definition) is 1. The summed E-state index contributed by atoms with van der Waals surface area (Å²) in [5.41, 5.74) is 1.99. The van der Waals surface area contributed by atoms with Gasteiger partial charge in [-0.1, -0.05) is 35.1 Å². The van der Waals surface area contributed by atoms with E-state index in [-0.39, 0.29) is 16.3 Å². The lowest BCUT2D eigenvalue weighted by molar-refractivity contribution is -0.384. The molecular formula is C18H13ClN6O3S. The molecule has 9 nitrogen and oxygen atoms in total. The lowest BCUT2D eigenvalue weighted by atomic mass is 10.1. The molecule has 0 bridgehead atoms. The van der Waals surface area contributed by atoms with Crippen LogP contribution in [0.5, 0.6) is 0 Å². The Kier molecular flexibility index (Phi) is 4.73. The van der Waals surface area contributed by atoms with Crippen molar-refractivity contribution in [2.45, 2.75) is 13.8 Å². The van der Waals surface area contributed by atoms with Gasteiger partial charge in [0.1, 0.15) is 5.01 Å². The second-order valence-corrected chi connectivity index (χ2v) is 7.62. The van der Waals surface area contributed by atoms with E-state index in [1.807, 2.05) is 26.0 Å². The minimum Gasteiger partial charge on any atom is -0.322 e. The number of halogens is 1. The van der Waals surface area contributed by atoms with Crippen molar-refractivity contribution in [3.05, 3.63) is 68.5 Å². The van der Waals surface area contributed by atoms with E-state index in [0.717, 1.165) is 22.2 Å². The van der Waals surface area contributed by atoms with Gasteiger partial charge in [-0.05, 0) is 31.5 Å². The molecule has 2 aromatic heterocycles. The van der Waals surface area contributed by atoms with Crippen LogP contribution in [-0.2, 0) is 0 Å². The summed E-state index contributed by atoms with van der Waals surface area (Å²) in [5.74, 6) is 0.149. The number of nitro benzene ring substituents is 1. The standard InChI is InChI=1S/C18H13ClN6O3S/c1-9-3-4-11(17-23-24-10(2)21-22-18(24)29-17)7-15(9)20-16(26)13-8-12(25(27)28)5-6-14(13)19/h3-8H,1-2H3,(H,20,26). The van der Waals surface area contributed by atoms with Gasteiger partial charge in [-0.3, -0.25) is 14.9 Å². The summed E-state index contributed by atoms with van der Waals surface area (Å²) < 4.78 is 1.65. The van der Waals surface area contributed by atoms with Crippen LogP contribution in [0.25, 0.3) is 15.5 Å². The number of anilines is 1. The molecule has 0 aliphatic heterocycles. The van der Waals surface area contributed by atoms with Gasteiger partial charge in [0.15, 0.2) is 5.82 Å². The molecule has 1 amide bonds. The third-order valence-electron chi connectivity index (χ3n) is 4.28. The van der Waals surface area contributed by atoms with Crippen molar-refractivity contribution >= 4 is 45.2 Å². The molecule has 0 atom stereocenters. The van der Waals surface area contributed by atoms with E-state index >= 15 is 0 Å². The van der Waals surface area contributed by atoms with Crippen LogP contribution in [0, 0.1) is 24.0 Å². The Hall–Kier alpha value is -3.37. The molecule has 4 aromatic rings. The summed E-state index contributed by atoms with van der Waals surface area (Å²) in [6.45, 7) is 3.66. The largest absolute Gasteiger partial charge is 0.322 e. The second-order valence-electron chi connectivity index (χ2n) is 6.25. The third-order valence-corrected chi connectivity index (χ3v) is 5.56. The van der Waals surface area contributed by atoms with E-state index in [1.165, 1.54) is 23.5 Å². The average Bonchev–Trinajstić information content (AvgIpc) is 3.26. The van der Waals surface area contributed by atoms with Crippen LogP contribution in [0.1, 0.15) is 21.7 Å². The fourth-order valence-electron chi connectivity index (χ4n) is 2.71. The van der Waals surface area contributed by atoms with Gasteiger partial charge in [0, 0.05) is 23.4 Å². The predicted molar refractivity (Wildman–Crippen MR) is 110 cm³/mol. The number of nitrogens with one attached hydrogen (secondary N) is 1. The van der Waals surface area contributed by atoms with Crippen LogP contribution in [0.4, 0.5) is 11.4 Å². The van der Waals surface area contributed by atoms with Crippen molar-refractivity contribution in [2.75, 3.05) is 5.32 Å². The number of nitro groups is 1. The Bertz CT molecular complexity index is 1280. The molecule has 29 heavy (non-hydrogen) atoms. The third kappa shape index (κ3) is 3.55. The van der Waals surface area contributed by atoms with E-state index in [4.69, 9.17) is 11.6 Å². The highest BCUT2D eigenvalue weighted by atomic mass is 35.5. The summed E-state index contributed by atoms with van der Waals surface area (Å²) in [6, 6.07) is 9.28. The number of amides is 1. The Balaban J connectivity index is 1.67. The highest BCUT2D eigenvalue weighted by Crippen LogP contribution is 2.30. The molecule has 11 heteroatoms. The molecule has 146 valence electrons. The second kappa shape index (κ2) is 7.22. The number of hydrogen-bond acceptors (Lipinski definition) is 7. The van der Waals surface area contributed by atoms with E-state index < -0.39 is 10.8 Å². The molecule has 0 fully saturated rings. The maximum absolute atomic E-state index is 12.7. The molecule has 0 unspecified atom stereocenters. The Morgan fingerprint density at radius 2 is 2.00 bits per heavy atom. The molecule has 2 heterocycles. The molecule has 0 radical (unpaired) electrons. The number of non-ortho nitro benzene ring substituents is 1. The molecule has 0 saturated carbocycles. The van der Waals surface area contributed by atoms with Gasteiger partial charge in [0.25, 0.3) is 11.6 Å². The van der Waals surface area contributed by atoms with E-state index in [9.17, 15) is 14.9 Å². The smallest absolute Gasteiger partial charge is 0.270 e. The van der Waals surface area contributed by atoms with Gasteiger partial charge >= 0.3 is 0 Å². The van der Waals surface area contributed by atoms with Gasteiger partial charge < -0.3 is 5.32 Å². The molecule has 0 saturated heterocycles. The zero-order valence-electron chi connectivity index (χ0n) is 15.2. The Morgan fingerprint density at radius 3 is 2.72 bits per heavy atom. The molecule has 2 aromatic carbocycles. The number of nitrogens with zero attached hydrogens (tertiary/aromatic N) is 5. The summed E-state index contributed by atoms with van der Waals surface area (Å²) in [6.07, 6.45) is 0. The average molecular weight is 429 g/mol. The summed E-state index contributed by atoms with van der Waals surface area (Å²) in [4.78, 5) is 23.8. The normalized spacial score (nSPS) is 11.0. The lowest BCUT2D eigenvalue weighted by Crippen LogP contribution is -2.13.